The molecular weight excluding hydrogens is 1310 g/mol. The van der Waals surface area contributed by atoms with Gasteiger partial charge < -0.3 is 72.1 Å². The van der Waals surface area contributed by atoms with Crippen molar-refractivity contribution in [1.29, 1.82) is 0 Å². The van der Waals surface area contributed by atoms with Crippen molar-refractivity contribution in [1.82, 2.24) is 47.1 Å². The van der Waals surface area contributed by atoms with Crippen LogP contribution < -0.4 is 42.5 Å². The van der Waals surface area contributed by atoms with Crippen LogP contribution in [-0.4, -0.2) is 178 Å². The Balaban J connectivity index is 1.65. The number of hydrogen-bond donors (Lipinski definition) is 11. The Morgan fingerprint density at radius 1 is 0.646 bits per heavy atom. The van der Waals surface area contributed by atoms with Crippen molar-refractivity contribution in [3.63, 3.8) is 0 Å². The molecule has 1 aliphatic rings. The monoisotopic (exact) mass is 1420 g/mol. The van der Waals surface area contributed by atoms with E-state index in [9.17, 15) is 44.1 Å². The lowest BCUT2D eigenvalue weighted by Gasteiger charge is -2.35. The van der Waals surface area contributed by atoms with Crippen LogP contribution in [0.5, 0.6) is 0 Å². The molecule has 25 nitrogen and oxygen atoms in total. The quantitative estimate of drug-likeness (QED) is 0.0123. The molecule has 0 radical (unpaired) electrons. The van der Waals surface area contributed by atoms with Gasteiger partial charge >= 0.3 is 18.3 Å². The summed E-state index contributed by atoms with van der Waals surface area (Å²) in [6.45, 7) is 9.82. The molecule has 2 heterocycles. The molecule has 1 saturated heterocycles. The number of benzene rings is 3. The second kappa shape index (κ2) is 44.4. The highest BCUT2D eigenvalue weighted by molar-refractivity contribution is 8.76. The number of amides is 8. The SMILES string of the molecule is CCCCCCOC(=O)NCCCC[C@@H]1NC(=O)[C@@H](Cc2cn(C(=O)OCCCCCC)c3ccccc23)NC(=O)[C@H](Cc2ccccc2)CC(=O)[C@@H](NC(=O)[C@@H](Cc2ccccc2)NC(=O)OCCCCCC)CSSC[C@@H](C(=O)N[C@H](CO)[C@@H](C)O)NC(=O)[C@](C)(C(C)O)NC1=O. The summed E-state index contributed by atoms with van der Waals surface area (Å²) in [7, 11) is 1.98. The van der Waals surface area contributed by atoms with Crippen LogP contribution in [0.3, 0.4) is 0 Å². The highest BCUT2D eigenvalue weighted by Crippen LogP contribution is 2.28. The summed E-state index contributed by atoms with van der Waals surface area (Å²) in [5.41, 5.74) is -0.147. The fourth-order valence-corrected chi connectivity index (χ4v) is 13.3. The maximum Gasteiger partial charge on any atom is 0.418 e. The molecule has 0 aliphatic carbocycles. The summed E-state index contributed by atoms with van der Waals surface area (Å²) in [6.07, 6.45) is 5.97. The van der Waals surface area contributed by atoms with E-state index < -0.39 is 132 Å². The van der Waals surface area contributed by atoms with Gasteiger partial charge in [0.1, 0.15) is 29.7 Å². The van der Waals surface area contributed by atoms with Gasteiger partial charge in [-0.2, -0.15) is 0 Å². The van der Waals surface area contributed by atoms with Gasteiger partial charge in [-0.25, -0.2) is 14.4 Å². The van der Waals surface area contributed by atoms with Crippen LogP contribution in [0.4, 0.5) is 14.4 Å². The maximum atomic E-state index is 15.5. The predicted octanol–water partition coefficient (Wildman–Crippen LogP) is 7.41. The molecule has 8 amide bonds. The highest BCUT2D eigenvalue weighted by atomic mass is 33.1. The third-order valence-corrected chi connectivity index (χ3v) is 19.7. The van der Waals surface area contributed by atoms with Gasteiger partial charge in [-0.15, -0.1) is 0 Å². The first-order valence-electron chi connectivity index (χ1n) is 34.9. The van der Waals surface area contributed by atoms with E-state index in [1.54, 1.807) is 84.9 Å². The van der Waals surface area contributed by atoms with Gasteiger partial charge in [0.25, 0.3) is 0 Å². The molecule has 27 heteroatoms. The number of hydrogen-bond acceptors (Lipinski definition) is 18. The number of alkyl carbamates (subject to hydrolysis) is 2. The van der Waals surface area contributed by atoms with Gasteiger partial charge in [0.05, 0.1) is 56.2 Å². The molecule has 1 fully saturated rings. The molecule has 0 bridgehead atoms. The van der Waals surface area contributed by atoms with E-state index >= 15 is 19.2 Å². The molecule has 10 atom stereocenters. The summed E-state index contributed by atoms with van der Waals surface area (Å²) >= 11 is 0. The number of carbonyl (C=O) groups excluding carboxylic acids is 10. The number of nitrogens with one attached hydrogen (secondary N) is 8. The maximum absolute atomic E-state index is 15.5. The van der Waals surface area contributed by atoms with Crippen molar-refractivity contribution < 1.29 is 77.5 Å². The third-order valence-electron chi connectivity index (χ3n) is 17.3. The Labute approximate surface area is 589 Å². The number of carbonyl (C=O) groups is 10. The smallest absolute Gasteiger partial charge is 0.418 e. The Bertz CT molecular complexity index is 3200. The number of fused-ring (bicyclic) bond motifs is 1. The van der Waals surface area contributed by atoms with Gasteiger partial charge in [-0.05, 0) is 88.5 Å². The number of para-hydroxylation sites is 1. The fraction of sp³-hybridized carbons (Fsp3) is 0.583. The molecular formula is C72H105N9O16S2. The van der Waals surface area contributed by atoms with Crippen LogP contribution in [0.2, 0.25) is 0 Å². The van der Waals surface area contributed by atoms with Crippen LogP contribution >= 0.6 is 21.6 Å². The van der Waals surface area contributed by atoms with E-state index in [2.05, 4.69) is 56.4 Å². The van der Waals surface area contributed by atoms with Crippen molar-refractivity contribution in [3.05, 3.63) is 108 Å². The average molecular weight is 1420 g/mol. The number of aliphatic hydroxyl groups is 3. The van der Waals surface area contributed by atoms with E-state index in [-0.39, 0.29) is 76.4 Å². The van der Waals surface area contributed by atoms with E-state index in [1.807, 2.05) is 6.92 Å². The largest absolute Gasteiger partial charge is 0.450 e. The number of aliphatic hydroxyl groups excluding tert-OH is 3. The minimum Gasteiger partial charge on any atom is -0.450 e. The number of rotatable bonds is 34. The zero-order valence-electron chi connectivity index (χ0n) is 58.2. The Kier molecular flexibility index (Phi) is 36.8. The summed E-state index contributed by atoms with van der Waals surface area (Å²) in [5, 5.41) is 54.5. The minimum atomic E-state index is -2.27. The van der Waals surface area contributed by atoms with E-state index in [4.69, 9.17) is 14.2 Å². The summed E-state index contributed by atoms with van der Waals surface area (Å²) in [6, 6.07) is 16.0. The molecule has 1 aromatic heterocycles. The lowest BCUT2D eigenvalue weighted by atomic mass is 9.90. The normalized spacial score (nSPS) is 20.3. The molecule has 4 aromatic rings. The number of unbranched alkanes of at least 4 members (excludes halogenated alkanes) is 10. The van der Waals surface area contributed by atoms with Gasteiger partial charge in [0.2, 0.25) is 35.4 Å². The van der Waals surface area contributed by atoms with E-state index in [0.717, 1.165) is 79.4 Å². The van der Waals surface area contributed by atoms with Crippen LogP contribution in [-0.2, 0) is 67.0 Å². The summed E-state index contributed by atoms with van der Waals surface area (Å²) < 4.78 is 17.9. The standard InChI is InChI=1S/C72H105N9O16S2/c1-7-10-13-26-37-95-69(92)73-36-25-24-34-55-67(90)80-72(6,49(5)84)68(91)78-60(66(89)76-58(45-82)48(4)83)47-99-98-46-59(77-64(87)56(41-51-31-20-17-21-32-51)79-70(93)96-38-27-14-11-8-2)62(85)43-52(40-50-29-18-16-19-30-50)63(86)75-57(65(88)74-55)42-53-44-81(61-35-23-22-33-54(53)61)71(94)97-39-28-15-12-9-3/h16-23,29-33,35,44,48-49,52,55-60,82-84H,7-15,24-28,34,36-43,45-47H2,1-6H3,(H,73,92)(H,74,88)(H,75,86)(H,76,89)(H,77,87)(H,78,91)(H,79,93)(H,80,90)/t48-,49?,52-,55+,56-,57-,58-,59+,60+,72+/m1/s1. The Morgan fingerprint density at radius 2 is 1.23 bits per heavy atom. The Morgan fingerprint density at radius 3 is 1.85 bits per heavy atom. The first-order valence-corrected chi connectivity index (χ1v) is 37.4. The second-order valence-corrected chi connectivity index (χ2v) is 27.9. The number of aromatic nitrogens is 1. The fourth-order valence-electron chi connectivity index (χ4n) is 11.0. The first kappa shape index (κ1) is 82.0. The topological polar surface area (TPSA) is 360 Å². The van der Waals surface area contributed by atoms with Gasteiger partial charge in [0.15, 0.2) is 5.78 Å². The number of Topliss-reactive ketones (excluding diaryl/α,β-unsaturated/α-hetero) is 1. The van der Waals surface area contributed by atoms with Crippen LogP contribution in [0, 0.1) is 5.92 Å². The molecule has 0 spiro atoms. The van der Waals surface area contributed by atoms with Gasteiger partial charge in [-0.3, -0.25) is 38.1 Å². The van der Waals surface area contributed by atoms with Gasteiger partial charge in [0, 0.05) is 54.8 Å². The van der Waals surface area contributed by atoms with Crippen LogP contribution in [0.15, 0.2) is 91.1 Å². The minimum absolute atomic E-state index is 0.0285. The van der Waals surface area contributed by atoms with E-state index in [1.165, 1.54) is 31.5 Å². The first-order chi connectivity index (χ1) is 47.6. The summed E-state index contributed by atoms with van der Waals surface area (Å²) in [4.78, 5) is 145. The van der Waals surface area contributed by atoms with Crippen molar-refractivity contribution in [2.45, 2.75) is 218 Å². The molecule has 5 rings (SSSR count). The zero-order valence-corrected chi connectivity index (χ0v) is 59.8. The number of ether oxygens (including phenoxy) is 3. The molecule has 1 aliphatic heterocycles. The number of ketones is 1. The lowest BCUT2D eigenvalue weighted by Crippen LogP contribution is -2.68. The predicted molar refractivity (Wildman–Crippen MR) is 381 cm³/mol. The second-order valence-electron chi connectivity index (χ2n) is 25.4. The third kappa shape index (κ3) is 28.1. The summed E-state index contributed by atoms with van der Waals surface area (Å²) in [5.74, 6) is -7.87. The highest BCUT2D eigenvalue weighted by Gasteiger charge is 2.44. The zero-order chi connectivity index (χ0) is 72.1. The molecule has 99 heavy (non-hydrogen) atoms. The Hall–Kier alpha value is -7.72. The van der Waals surface area contributed by atoms with Crippen molar-refractivity contribution >= 4 is 92.0 Å². The van der Waals surface area contributed by atoms with E-state index in [0.29, 0.717) is 46.9 Å². The average Bonchev–Trinajstić information content (AvgIpc) is 1.70. The molecule has 3 aromatic carbocycles. The van der Waals surface area contributed by atoms with Crippen LogP contribution in [0.1, 0.15) is 161 Å². The molecule has 11 N–H and O–H groups in total. The molecule has 546 valence electrons. The number of nitrogens with zero attached hydrogens (tertiary/aromatic N) is 1. The van der Waals surface area contributed by atoms with Crippen molar-refractivity contribution in [3.8, 4) is 0 Å². The van der Waals surface area contributed by atoms with Crippen molar-refractivity contribution in [2.24, 2.45) is 5.92 Å². The molecule has 1 unspecified atom stereocenters. The van der Waals surface area contributed by atoms with Crippen molar-refractivity contribution in [2.75, 3.05) is 44.5 Å². The van der Waals surface area contributed by atoms with Crippen LogP contribution in [0.25, 0.3) is 10.9 Å². The van der Waals surface area contributed by atoms with Gasteiger partial charge in [-0.1, -0.05) is 179 Å². The molecule has 0 saturated carbocycles. The lowest BCUT2D eigenvalue weighted by molar-refractivity contribution is -0.141.